The van der Waals surface area contributed by atoms with E-state index in [9.17, 15) is 13.2 Å². The van der Waals surface area contributed by atoms with Gasteiger partial charge in [-0.05, 0) is 29.3 Å². The van der Waals surface area contributed by atoms with Crippen LogP contribution in [-0.4, -0.2) is 33.1 Å². The fourth-order valence-corrected chi connectivity index (χ4v) is 3.11. The van der Waals surface area contributed by atoms with Gasteiger partial charge in [-0.1, -0.05) is 36.9 Å². The van der Waals surface area contributed by atoms with E-state index in [1.807, 2.05) is 30.3 Å². The molecule has 0 aliphatic rings. The van der Waals surface area contributed by atoms with Crippen LogP contribution in [0.4, 0.5) is 0 Å². The number of benzene rings is 2. The molecular weight excluding hydrogens is 330 g/mol. The Kier molecular flexibility index (Phi) is 5.38. The second-order valence-electron chi connectivity index (χ2n) is 4.96. The summed E-state index contributed by atoms with van der Waals surface area (Å²) < 4.78 is 32.0. The van der Waals surface area contributed by atoms with Crippen LogP contribution in [-0.2, 0) is 10.0 Å². The van der Waals surface area contributed by atoms with Gasteiger partial charge >= 0.3 is 5.97 Å². The fraction of sp³-hybridized carbons (Fsp3) is 0.118. The first-order valence-electron chi connectivity index (χ1n) is 6.99. The van der Waals surface area contributed by atoms with E-state index in [1.165, 1.54) is 19.2 Å². The first-order valence-corrected chi connectivity index (χ1v) is 8.47. The average Bonchev–Trinajstić information content (AvgIpc) is 2.59. The van der Waals surface area contributed by atoms with Crippen molar-refractivity contribution in [1.82, 2.24) is 4.72 Å². The highest BCUT2D eigenvalue weighted by Gasteiger charge is 2.19. The van der Waals surface area contributed by atoms with Crippen LogP contribution in [0.3, 0.4) is 0 Å². The fourth-order valence-electron chi connectivity index (χ4n) is 2.06. The number of carboxylic acids is 1. The molecule has 0 saturated carbocycles. The summed E-state index contributed by atoms with van der Waals surface area (Å²) in [6.07, 6.45) is 0. The molecular formula is C17H17NO5S. The van der Waals surface area contributed by atoms with E-state index in [1.54, 1.807) is 0 Å². The van der Waals surface area contributed by atoms with E-state index in [0.29, 0.717) is 5.57 Å². The standard InChI is InChI=1S/C17H17NO5S/c1-12(13-6-4-3-5-7-13)11-18-24(21,22)14-8-9-16(23-2)15(10-14)17(19)20/h3-10,18H,1,11H2,2H3,(H,19,20). The van der Waals surface area contributed by atoms with Gasteiger partial charge in [0.05, 0.1) is 12.0 Å². The molecule has 6 nitrogen and oxygen atoms in total. The minimum absolute atomic E-state index is 0.0147. The molecule has 126 valence electrons. The molecule has 0 unspecified atom stereocenters. The minimum Gasteiger partial charge on any atom is -0.496 e. The molecule has 0 aliphatic carbocycles. The van der Waals surface area contributed by atoms with Gasteiger partial charge < -0.3 is 9.84 Å². The van der Waals surface area contributed by atoms with Crippen molar-refractivity contribution in [2.45, 2.75) is 4.90 Å². The van der Waals surface area contributed by atoms with E-state index in [-0.39, 0.29) is 22.8 Å². The summed E-state index contributed by atoms with van der Waals surface area (Å²) in [5.41, 5.74) is 1.20. The molecule has 2 rings (SSSR count). The molecule has 0 amide bonds. The zero-order valence-corrected chi connectivity index (χ0v) is 13.8. The van der Waals surface area contributed by atoms with Crippen LogP contribution < -0.4 is 9.46 Å². The Morgan fingerprint density at radius 2 is 1.88 bits per heavy atom. The maximum Gasteiger partial charge on any atom is 0.339 e. The summed E-state index contributed by atoms with van der Waals surface area (Å²) in [7, 11) is -2.56. The molecule has 0 heterocycles. The van der Waals surface area contributed by atoms with Gasteiger partial charge in [0.1, 0.15) is 11.3 Å². The first kappa shape index (κ1) is 17.7. The number of hydrogen-bond donors (Lipinski definition) is 2. The van der Waals surface area contributed by atoms with E-state index < -0.39 is 16.0 Å². The second kappa shape index (κ2) is 7.29. The molecule has 24 heavy (non-hydrogen) atoms. The van der Waals surface area contributed by atoms with Gasteiger partial charge in [0, 0.05) is 6.54 Å². The average molecular weight is 347 g/mol. The monoisotopic (exact) mass is 347 g/mol. The molecule has 0 spiro atoms. The Morgan fingerprint density at radius 1 is 1.21 bits per heavy atom. The van der Waals surface area contributed by atoms with Crippen LogP contribution in [0.2, 0.25) is 0 Å². The molecule has 7 heteroatoms. The number of nitrogens with one attached hydrogen (secondary N) is 1. The zero-order valence-electron chi connectivity index (χ0n) is 13.0. The summed E-state index contributed by atoms with van der Waals surface area (Å²) in [5.74, 6) is -1.17. The van der Waals surface area contributed by atoms with Crippen molar-refractivity contribution in [3.8, 4) is 5.75 Å². The van der Waals surface area contributed by atoms with E-state index in [0.717, 1.165) is 11.6 Å². The lowest BCUT2D eigenvalue weighted by atomic mass is 10.1. The topological polar surface area (TPSA) is 92.7 Å². The molecule has 0 aliphatic heterocycles. The maximum atomic E-state index is 12.4. The van der Waals surface area contributed by atoms with Crippen LogP contribution >= 0.6 is 0 Å². The van der Waals surface area contributed by atoms with Crippen molar-refractivity contribution in [3.63, 3.8) is 0 Å². The van der Waals surface area contributed by atoms with Crippen LogP contribution in [0.25, 0.3) is 5.57 Å². The summed E-state index contributed by atoms with van der Waals surface area (Å²) >= 11 is 0. The smallest absolute Gasteiger partial charge is 0.339 e. The number of aromatic carboxylic acids is 1. The first-order chi connectivity index (χ1) is 11.3. The molecule has 2 N–H and O–H groups in total. The Bertz CT molecular complexity index is 860. The van der Waals surface area contributed by atoms with Crippen LogP contribution in [0, 0.1) is 0 Å². The second-order valence-corrected chi connectivity index (χ2v) is 6.73. The maximum absolute atomic E-state index is 12.4. The van der Waals surface area contributed by atoms with Crippen molar-refractivity contribution in [1.29, 1.82) is 0 Å². The Balaban J connectivity index is 2.20. The van der Waals surface area contributed by atoms with Crippen LogP contribution in [0.1, 0.15) is 15.9 Å². The molecule has 0 fully saturated rings. The van der Waals surface area contributed by atoms with Gasteiger partial charge in [-0.3, -0.25) is 0 Å². The third-order valence-corrected chi connectivity index (χ3v) is 4.77. The molecule has 0 radical (unpaired) electrons. The lowest BCUT2D eigenvalue weighted by Gasteiger charge is -2.11. The van der Waals surface area contributed by atoms with Crippen molar-refractivity contribution in [3.05, 3.63) is 66.2 Å². The van der Waals surface area contributed by atoms with Gasteiger partial charge in [-0.2, -0.15) is 0 Å². The molecule has 0 aromatic heterocycles. The SMILES string of the molecule is C=C(CNS(=O)(=O)c1ccc(OC)c(C(=O)O)c1)c1ccccc1. The van der Waals surface area contributed by atoms with Gasteiger partial charge in [-0.25, -0.2) is 17.9 Å². The predicted octanol–water partition coefficient (Wildman–Crippen LogP) is 2.39. The Labute approximate surface area is 140 Å². The Hall–Kier alpha value is -2.64. The number of ether oxygens (including phenoxy) is 1. The van der Waals surface area contributed by atoms with E-state index in [4.69, 9.17) is 9.84 Å². The van der Waals surface area contributed by atoms with Gasteiger partial charge in [0.2, 0.25) is 10.0 Å². The largest absolute Gasteiger partial charge is 0.496 e. The summed E-state index contributed by atoms with van der Waals surface area (Å²) in [4.78, 5) is 11.1. The number of carbonyl (C=O) groups is 1. The minimum atomic E-state index is -3.87. The van der Waals surface area contributed by atoms with Crippen LogP contribution in [0.15, 0.2) is 60.0 Å². The number of hydrogen-bond acceptors (Lipinski definition) is 4. The van der Waals surface area contributed by atoms with Crippen molar-refractivity contribution in [2.75, 3.05) is 13.7 Å². The normalized spacial score (nSPS) is 11.0. The zero-order chi connectivity index (χ0) is 17.7. The number of sulfonamides is 1. The third-order valence-electron chi connectivity index (χ3n) is 3.37. The van der Waals surface area contributed by atoms with Crippen molar-refractivity contribution in [2.24, 2.45) is 0 Å². The van der Waals surface area contributed by atoms with Gasteiger partial charge in [0.25, 0.3) is 0 Å². The predicted molar refractivity (Wildman–Crippen MR) is 90.6 cm³/mol. The molecule has 2 aromatic carbocycles. The molecule has 2 aromatic rings. The van der Waals surface area contributed by atoms with Crippen LogP contribution in [0.5, 0.6) is 5.75 Å². The van der Waals surface area contributed by atoms with Gasteiger partial charge in [0.15, 0.2) is 0 Å². The highest BCUT2D eigenvalue weighted by Crippen LogP contribution is 2.22. The molecule has 0 bridgehead atoms. The van der Waals surface area contributed by atoms with E-state index in [2.05, 4.69) is 11.3 Å². The molecule has 0 saturated heterocycles. The highest BCUT2D eigenvalue weighted by molar-refractivity contribution is 7.89. The summed E-state index contributed by atoms with van der Waals surface area (Å²) in [5, 5.41) is 9.14. The lowest BCUT2D eigenvalue weighted by Crippen LogP contribution is -2.25. The van der Waals surface area contributed by atoms with E-state index >= 15 is 0 Å². The number of carboxylic acid groups (broad SMARTS) is 1. The van der Waals surface area contributed by atoms with Gasteiger partial charge in [-0.15, -0.1) is 0 Å². The summed E-state index contributed by atoms with van der Waals surface area (Å²) in [6.45, 7) is 3.87. The highest BCUT2D eigenvalue weighted by atomic mass is 32.2. The third kappa shape index (κ3) is 4.01. The number of rotatable bonds is 7. The van der Waals surface area contributed by atoms with Crippen molar-refractivity contribution >= 4 is 21.6 Å². The lowest BCUT2D eigenvalue weighted by molar-refractivity contribution is 0.0693. The van der Waals surface area contributed by atoms with Crippen molar-refractivity contribution < 1.29 is 23.1 Å². The quantitative estimate of drug-likeness (QED) is 0.802. The molecule has 0 atom stereocenters. The number of methoxy groups -OCH3 is 1. The Morgan fingerprint density at radius 3 is 2.46 bits per heavy atom. The summed E-state index contributed by atoms with van der Waals surface area (Å²) in [6, 6.07) is 12.8.